The van der Waals surface area contributed by atoms with Gasteiger partial charge in [-0.2, -0.15) is 4.57 Å². The number of pyridine rings is 1. The Morgan fingerprint density at radius 1 is 1.61 bits per heavy atom. The number of aliphatic hydroxyl groups is 2. The molecule has 1 aliphatic heterocycles. The van der Waals surface area contributed by atoms with Crippen LogP contribution in [0.4, 0.5) is 4.39 Å². The highest BCUT2D eigenvalue weighted by molar-refractivity contribution is 5.92. The summed E-state index contributed by atoms with van der Waals surface area (Å²) in [7, 11) is 0. The van der Waals surface area contributed by atoms with Crippen molar-refractivity contribution in [1.82, 2.24) is 0 Å². The van der Waals surface area contributed by atoms with Crippen molar-refractivity contribution < 1.29 is 28.7 Å². The Morgan fingerprint density at radius 3 is 2.89 bits per heavy atom. The van der Waals surface area contributed by atoms with E-state index in [2.05, 4.69) is 0 Å². The number of rotatable bonds is 3. The lowest BCUT2D eigenvalue weighted by molar-refractivity contribution is -0.764. The van der Waals surface area contributed by atoms with Crippen LogP contribution in [0, 0.1) is 0 Å². The highest BCUT2D eigenvalue weighted by Gasteiger charge is 2.49. The maximum atomic E-state index is 13.8. The van der Waals surface area contributed by atoms with Gasteiger partial charge in [-0.15, -0.1) is 0 Å². The van der Waals surface area contributed by atoms with Crippen molar-refractivity contribution in [2.75, 3.05) is 6.61 Å². The minimum absolute atomic E-state index is 0.204. The lowest BCUT2D eigenvalue weighted by Crippen LogP contribution is -2.45. The quantitative estimate of drug-likeness (QED) is 0.584. The van der Waals surface area contributed by atoms with Crippen LogP contribution >= 0.6 is 0 Å². The van der Waals surface area contributed by atoms with Crippen molar-refractivity contribution in [3.8, 4) is 0 Å². The zero-order chi connectivity index (χ0) is 13.3. The first-order valence-electron chi connectivity index (χ1n) is 5.43. The van der Waals surface area contributed by atoms with Gasteiger partial charge in [0.05, 0.1) is 6.61 Å². The second kappa shape index (κ2) is 4.97. The van der Waals surface area contributed by atoms with E-state index in [0.717, 1.165) is 0 Å². The maximum absolute atomic E-state index is 13.8. The average Bonchev–Trinajstić information content (AvgIpc) is 2.66. The number of carbonyl (C=O) groups is 1. The predicted octanol–water partition coefficient (Wildman–Crippen LogP) is -1.34. The Hall–Kier alpha value is -1.57. The van der Waals surface area contributed by atoms with Crippen LogP contribution in [0.25, 0.3) is 0 Å². The van der Waals surface area contributed by atoms with Gasteiger partial charge in [0, 0.05) is 6.07 Å². The number of ether oxygens (including phenoxy) is 1. The summed E-state index contributed by atoms with van der Waals surface area (Å²) in [5, 5.41) is 18.4. The van der Waals surface area contributed by atoms with Crippen molar-refractivity contribution in [2.45, 2.75) is 24.6 Å². The van der Waals surface area contributed by atoms with E-state index >= 15 is 0 Å². The number of halogens is 1. The lowest BCUT2D eigenvalue weighted by Gasteiger charge is -2.08. The molecule has 1 aromatic rings. The smallest absolute Gasteiger partial charge is 0.297 e. The van der Waals surface area contributed by atoms with Crippen LogP contribution in [0.2, 0.25) is 0 Å². The van der Waals surface area contributed by atoms with Crippen LogP contribution in [-0.4, -0.2) is 41.1 Å². The molecule has 0 spiro atoms. The predicted molar refractivity (Wildman–Crippen MR) is 57.1 cm³/mol. The molecule has 1 aliphatic rings. The standard InChI is InChI=1S/C11H13FN2O4/c12-8-9(16)7(5-15)18-11(8)14-3-1-2-6(4-14)10(13)17/h1-4,7-9,11,15-16H,5H2,(H-,13,17)/p+1. The number of primary amides is 1. The molecule has 1 fully saturated rings. The third kappa shape index (κ3) is 2.20. The summed E-state index contributed by atoms with van der Waals surface area (Å²) in [6.07, 6.45) is -2.31. The number of nitrogens with zero attached hydrogens (tertiary/aromatic N) is 1. The molecule has 1 saturated heterocycles. The number of alkyl halides is 1. The highest BCUT2D eigenvalue weighted by Crippen LogP contribution is 2.27. The number of nitrogens with two attached hydrogens (primary N) is 1. The van der Waals surface area contributed by atoms with Gasteiger partial charge in [-0.1, -0.05) is 0 Å². The second-order valence-electron chi connectivity index (χ2n) is 4.09. The Bertz CT molecular complexity index is 456. The summed E-state index contributed by atoms with van der Waals surface area (Å²) in [6, 6.07) is 3.01. The van der Waals surface area contributed by atoms with Gasteiger partial charge in [0.25, 0.3) is 12.1 Å². The van der Waals surface area contributed by atoms with Gasteiger partial charge in [0.2, 0.25) is 6.17 Å². The van der Waals surface area contributed by atoms with E-state index in [1.54, 1.807) is 0 Å². The van der Waals surface area contributed by atoms with E-state index < -0.39 is 37.1 Å². The largest absolute Gasteiger partial charge is 0.394 e. The molecule has 6 nitrogen and oxygen atoms in total. The van der Waals surface area contributed by atoms with E-state index in [1.807, 2.05) is 0 Å². The summed E-state index contributed by atoms with van der Waals surface area (Å²) >= 11 is 0. The zero-order valence-corrected chi connectivity index (χ0v) is 9.44. The van der Waals surface area contributed by atoms with Gasteiger partial charge in [0.1, 0.15) is 17.8 Å². The first-order chi connectivity index (χ1) is 8.54. The molecular formula is C11H14FN2O4+. The van der Waals surface area contributed by atoms with Crippen molar-refractivity contribution in [2.24, 2.45) is 5.73 Å². The molecule has 4 N–H and O–H groups in total. The maximum Gasteiger partial charge on any atom is 0.297 e. The zero-order valence-electron chi connectivity index (χ0n) is 9.44. The normalized spacial score (nSPS) is 31.5. The molecular weight excluding hydrogens is 243 g/mol. The van der Waals surface area contributed by atoms with Crippen LogP contribution < -0.4 is 10.3 Å². The summed E-state index contributed by atoms with van der Waals surface area (Å²) < 4.78 is 20.3. The second-order valence-corrected chi connectivity index (χ2v) is 4.09. The molecule has 98 valence electrons. The molecule has 0 radical (unpaired) electrons. The third-order valence-corrected chi connectivity index (χ3v) is 2.87. The molecule has 18 heavy (non-hydrogen) atoms. The van der Waals surface area contributed by atoms with E-state index in [0.29, 0.717) is 0 Å². The number of aromatic nitrogens is 1. The third-order valence-electron chi connectivity index (χ3n) is 2.87. The number of hydrogen-bond acceptors (Lipinski definition) is 4. The van der Waals surface area contributed by atoms with E-state index in [1.165, 1.54) is 29.1 Å². The Labute approximate surface area is 102 Å². The van der Waals surface area contributed by atoms with Gasteiger partial charge in [0.15, 0.2) is 12.4 Å². The molecule has 1 amide bonds. The molecule has 0 saturated carbocycles. The minimum atomic E-state index is -1.68. The first kappa shape index (κ1) is 12.9. The van der Waals surface area contributed by atoms with E-state index in [9.17, 15) is 14.3 Å². The van der Waals surface area contributed by atoms with Crippen LogP contribution in [0.1, 0.15) is 16.6 Å². The van der Waals surface area contributed by atoms with Crippen molar-refractivity contribution in [3.63, 3.8) is 0 Å². The van der Waals surface area contributed by atoms with Crippen molar-refractivity contribution in [3.05, 3.63) is 30.1 Å². The van der Waals surface area contributed by atoms with Crippen LogP contribution in [0.5, 0.6) is 0 Å². The molecule has 4 unspecified atom stereocenters. The molecule has 2 rings (SSSR count). The van der Waals surface area contributed by atoms with Crippen LogP contribution in [0.3, 0.4) is 0 Å². The molecule has 0 aromatic carbocycles. The van der Waals surface area contributed by atoms with Gasteiger partial charge in [-0.05, 0) is 6.07 Å². The van der Waals surface area contributed by atoms with E-state index in [4.69, 9.17) is 15.6 Å². The Kier molecular flexibility index (Phi) is 3.55. The number of carbonyl (C=O) groups excluding carboxylic acids is 1. The Balaban J connectivity index is 2.27. The van der Waals surface area contributed by atoms with Crippen molar-refractivity contribution in [1.29, 1.82) is 0 Å². The van der Waals surface area contributed by atoms with Gasteiger partial charge in [-0.3, -0.25) is 4.79 Å². The Morgan fingerprint density at radius 2 is 2.33 bits per heavy atom. The first-order valence-corrected chi connectivity index (χ1v) is 5.43. The molecule has 2 heterocycles. The van der Waals surface area contributed by atoms with Gasteiger partial charge >= 0.3 is 0 Å². The number of amides is 1. The average molecular weight is 257 g/mol. The lowest BCUT2D eigenvalue weighted by atomic mass is 10.1. The summed E-state index contributed by atoms with van der Waals surface area (Å²) in [5.41, 5.74) is 5.32. The number of aliphatic hydroxyl groups excluding tert-OH is 2. The summed E-state index contributed by atoms with van der Waals surface area (Å²) in [5.74, 6) is -0.642. The molecule has 7 heteroatoms. The minimum Gasteiger partial charge on any atom is -0.394 e. The molecule has 4 atom stereocenters. The summed E-state index contributed by atoms with van der Waals surface area (Å²) in [6.45, 7) is -0.478. The highest BCUT2D eigenvalue weighted by atomic mass is 19.1. The fourth-order valence-corrected chi connectivity index (χ4v) is 1.89. The molecule has 1 aromatic heterocycles. The van der Waals surface area contributed by atoms with Gasteiger partial charge < -0.3 is 20.7 Å². The van der Waals surface area contributed by atoms with Crippen LogP contribution in [-0.2, 0) is 4.74 Å². The monoisotopic (exact) mass is 257 g/mol. The molecule has 0 bridgehead atoms. The number of hydrogen-bond donors (Lipinski definition) is 3. The topological polar surface area (TPSA) is 96.7 Å². The SMILES string of the molecule is NC(=O)c1ccc[n+](C2OC(CO)C(O)C2F)c1. The summed E-state index contributed by atoms with van der Waals surface area (Å²) in [4.78, 5) is 11.0. The fourth-order valence-electron chi connectivity index (χ4n) is 1.89. The molecule has 0 aliphatic carbocycles. The van der Waals surface area contributed by atoms with E-state index in [-0.39, 0.29) is 5.56 Å². The van der Waals surface area contributed by atoms with Crippen LogP contribution in [0.15, 0.2) is 24.5 Å². The van der Waals surface area contributed by atoms with Crippen molar-refractivity contribution >= 4 is 5.91 Å². The van der Waals surface area contributed by atoms with Gasteiger partial charge in [-0.25, -0.2) is 4.39 Å². The fraction of sp³-hybridized carbons (Fsp3) is 0.455.